The van der Waals surface area contributed by atoms with Gasteiger partial charge in [-0.05, 0) is 45.3 Å². The third-order valence-corrected chi connectivity index (χ3v) is 2.23. The van der Waals surface area contributed by atoms with Crippen molar-refractivity contribution in [2.45, 2.75) is 46.0 Å². The van der Waals surface area contributed by atoms with Gasteiger partial charge in [0.15, 0.2) is 0 Å². The van der Waals surface area contributed by atoms with Crippen LogP contribution in [0, 0.1) is 0 Å². The van der Waals surface area contributed by atoms with Gasteiger partial charge in [-0.1, -0.05) is 13.8 Å². The number of nitrogens with two attached hydrogens (primary N) is 1. The molecule has 0 atom stereocenters. The van der Waals surface area contributed by atoms with Gasteiger partial charge in [0.25, 0.3) is 0 Å². The molecule has 0 aromatic carbocycles. The Balaban J connectivity index is 3.44. The highest BCUT2D eigenvalue weighted by Crippen LogP contribution is 2.00. The highest BCUT2D eigenvalue weighted by Gasteiger charge is 2.02. The molecule has 1 amide bonds. The van der Waals surface area contributed by atoms with Crippen LogP contribution >= 0.6 is 0 Å². The molecule has 14 heavy (non-hydrogen) atoms. The fraction of sp³-hybridized carbons (Fsp3) is 0.909. The number of unbranched alkanes of at least 4 members (excludes halogenated alkanes) is 1. The summed E-state index contributed by atoms with van der Waals surface area (Å²) in [6, 6.07) is 0. The van der Waals surface area contributed by atoms with Gasteiger partial charge in [0.05, 0.1) is 0 Å². The lowest BCUT2D eigenvalue weighted by Gasteiger charge is -2.20. The van der Waals surface area contributed by atoms with Gasteiger partial charge in [0, 0.05) is 6.42 Å². The Kier molecular flexibility index (Phi) is 8.64. The molecular formula is C11H24N2O. The van der Waals surface area contributed by atoms with Crippen LogP contribution < -0.4 is 5.73 Å². The van der Waals surface area contributed by atoms with Crippen molar-refractivity contribution >= 4 is 5.91 Å². The first-order chi connectivity index (χ1) is 6.70. The second-order valence-corrected chi connectivity index (χ2v) is 3.77. The molecule has 0 fully saturated rings. The van der Waals surface area contributed by atoms with Crippen LogP contribution in [0.1, 0.15) is 46.0 Å². The van der Waals surface area contributed by atoms with E-state index in [0.29, 0.717) is 6.42 Å². The first-order valence-corrected chi connectivity index (χ1v) is 5.71. The fourth-order valence-corrected chi connectivity index (χ4v) is 1.60. The molecule has 0 rings (SSSR count). The Morgan fingerprint density at radius 2 is 1.64 bits per heavy atom. The Bertz CT molecular complexity index is 142. The van der Waals surface area contributed by atoms with Crippen molar-refractivity contribution in [2.24, 2.45) is 5.73 Å². The largest absolute Gasteiger partial charge is 0.370 e. The van der Waals surface area contributed by atoms with Gasteiger partial charge < -0.3 is 10.6 Å². The number of carbonyl (C=O) groups is 1. The fourth-order valence-electron chi connectivity index (χ4n) is 1.60. The molecule has 0 saturated heterocycles. The maximum absolute atomic E-state index is 10.5. The van der Waals surface area contributed by atoms with E-state index in [2.05, 4.69) is 18.7 Å². The first-order valence-electron chi connectivity index (χ1n) is 5.71. The van der Waals surface area contributed by atoms with Crippen LogP contribution in [0.4, 0.5) is 0 Å². The Morgan fingerprint density at radius 1 is 1.07 bits per heavy atom. The highest BCUT2D eigenvalue weighted by atomic mass is 16.1. The van der Waals surface area contributed by atoms with E-state index in [4.69, 9.17) is 5.73 Å². The van der Waals surface area contributed by atoms with Crippen LogP contribution in [0.2, 0.25) is 0 Å². The topological polar surface area (TPSA) is 46.3 Å². The zero-order chi connectivity index (χ0) is 10.8. The van der Waals surface area contributed by atoms with Gasteiger partial charge in [-0.3, -0.25) is 4.79 Å². The highest BCUT2D eigenvalue weighted by molar-refractivity contribution is 5.73. The van der Waals surface area contributed by atoms with E-state index >= 15 is 0 Å². The maximum atomic E-state index is 10.5. The molecule has 3 nitrogen and oxygen atoms in total. The van der Waals surface area contributed by atoms with Gasteiger partial charge in [-0.2, -0.15) is 0 Å². The molecule has 0 aromatic rings. The van der Waals surface area contributed by atoms with Crippen molar-refractivity contribution in [3.8, 4) is 0 Å². The van der Waals surface area contributed by atoms with Gasteiger partial charge in [0.1, 0.15) is 0 Å². The van der Waals surface area contributed by atoms with Gasteiger partial charge in [-0.15, -0.1) is 0 Å². The van der Waals surface area contributed by atoms with Gasteiger partial charge >= 0.3 is 0 Å². The summed E-state index contributed by atoms with van der Waals surface area (Å²) in [6.45, 7) is 7.85. The second-order valence-electron chi connectivity index (χ2n) is 3.77. The third kappa shape index (κ3) is 8.05. The van der Waals surface area contributed by atoms with E-state index in [1.165, 1.54) is 25.9 Å². The quantitative estimate of drug-likeness (QED) is 0.576. The van der Waals surface area contributed by atoms with Gasteiger partial charge in [0.2, 0.25) is 5.91 Å². The number of amides is 1. The molecule has 0 bridgehead atoms. The lowest BCUT2D eigenvalue weighted by Crippen LogP contribution is -2.26. The van der Waals surface area contributed by atoms with Crippen LogP contribution in [-0.4, -0.2) is 30.4 Å². The van der Waals surface area contributed by atoms with Crippen molar-refractivity contribution < 1.29 is 4.79 Å². The second kappa shape index (κ2) is 9.00. The standard InChI is InChI=1S/C11H24N2O/c1-3-8-13(9-4-2)10-6-5-7-11(12)14/h3-10H2,1-2H3,(H2,12,14). The van der Waals surface area contributed by atoms with E-state index in [-0.39, 0.29) is 5.91 Å². The molecule has 0 aliphatic heterocycles. The molecule has 84 valence electrons. The molecule has 3 heteroatoms. The molecule has 0 aromatic heterocycles. The van der Waals surface area contributed by atoms with Crippen LogP contribution in [0.15, 0.2) is 0 Å². The SMILES string of the molecule is CCCN(CCC)CCCCC(N)=O. The Hall–Kier alpha value is -0.570. The van der Waals surface area contributed by atoms with Gasteiger partial charge in [-0.25, -0.2) is 0 Å². The lowest BCUT2D eigenvalue weighted by atomic mass is 10.2. The van der Waals surface area contributed by atoms with E-state index < -0.39 is 0 Å². The molecule has 0 unspecified atom stereocenters. The lowest BCUT2D eigenvalue weighted by molar-refractivity contribution is -0.118. The number of hydrogen-bond acceptors (Lipinski definition) is 2. The predicted molar refractivity (Wildman–Crippen MR) is 60.1 cm³/mol. The van der Waals surface area contributed by atoms with Crippen molar-refractivity contribution in [1.82, 2.24) is 4.90 Å². The summed E-state index contributed by atoms with van der Waals surface area (Å²) in [4.78, 5) is 13.0. The molecule has 0 radical (unpaired) electrons. The molecule has 2 N–H and O–H groups in total. The normalized spacial score (nSPS) is 10.8. The average Bonchev–Trinajstić information content (AvgIpc) is 2.12. The van der Waals surface area contributed by atoms with E-state index in [0.717, 1.165) is 19.4 Å². The number of carbonyl (C=O) groups excluding carboxylic acids is 1. The molecule has 0 aliphatic rings. The summed E-state index contributed by atoms with van der Waals surface area (Å²) < 4.78 is 0. The van der Waals surface area contributed by atoms with Crippen molar-refractivity contribution in [3.05, 3.63) is 0 Å². The number of rotatable bonds is 9. The number of hydrogen-bond donors (Lipinski definition) is 1. The summed E-state index contributed by atoms with van der Waals surface area (Å²) in [7, 11) is 0. The van der Waals surface area contributed by atoms with Crippen LogP contribution in [0.5, 0.6) is 0 Å². The van der Waals surface area contributed by atoms with E-state index in [1.54, 1.807) is 0 Å². The predicted octanol–water partition coefficient (Wildman–Crippen LogP) is 1.76. The van der Waals surface area contributed by atoms with E-state index in [9.17, 15) is 4.79 Å². The zero-order valence-electron chi connectivity index (χ0n) is 9.59. The Morgan fingerprint density at radius 3 is 2.07 bits per heavy atom. The third-order valence-electron chi connectivity index (χ3n) is 2.23. The monoisotopic (exact) mass is 200 g/mol. The molecule has 0 heterocycles. The first kappa shape index (κ1) is 13.4. The summed E-state index contributed by atoms with van der Waals surface area (Å²) >= 11 is 0. The van der Waals surface area contributed by atoms with Crippen molar-refractivity contribution in [1.29, 1.82) is 0 Å². The average molecular weight is 200 g/mol. The minimum Gasteiger partial charge on any atom is -0.370 e. The minimum absolute atomic E-state index is 0.178. The van der Waals surface area contributed by atoms with Crippen LogP contribution in [0.25, 0.3) is 0 Å². The molecule has 0 spiro atoms. The zero-order valence-corrected chi connectivity index (χ0v) is 9.59. The Labute approximate surface area is 87.6 Å². The van der Waals surface area contributed by atoms with Crippen molar-refractivity contribution in [3.63, 3.8) is 0 Å². The molecular weight excluding hydrogens is 176 g/mol. The molecule has 0 aliphatic carbocycles. The smallest absolute Gasteiger partial charge is 0.217 e. The van der Waals surface area contributed by atoms with Crippen molar-refractivity contribution in [2.75, 3.05) is 19.6 Å². The summed E-state index contributed by atoms with van der Waals surface area (Å²) in [5.41, 5.74) is 5.07. The summed E-state index contributed by atoms with van der Waals surface area (Å²) in [6.07, 6.45) is 4.96. The maximum Gasteiger partial charge on any atom is 0.217 e. The summed E-state index contributed by atoms with van der Waals surface area (Å²) in [5.74, 6) is -0.178. The van der Waals surface area contributed by atoms with Crippen LogP contribution in [0.3, 0.4) is 0 Å². The number of primary amides is 1. The van der Waals surface area contributed by atoms with Crippen LogP contribution in [-0.2, 0) is 4.79 Å². The number of nitrogens with zero attached hydrogens (tertiary/aromatic N) is 1. The van der Waals surface area contributed by atoms with E-state index in [1.807, 2.05) is 0 Å². The summed E-state index contributed by atoms with van der Waals surface area (Å²) in [5, 5.41) is 0. The minimum atomic E-state index is -0.178. The molecule has 0 saturated carbocycles.